The Morgan fingerprint density at radius 1 is 1.17 bits per heavy atom. The lowest BCUT2D eigenvalue weighted by Gasteiger charge is -2.22. The highest BCUT2D eigenvalue weighted by Gasteiger charge is 2.23. The van der Waals surface area contributed by atoms with Crippen molar-refractivity contribution < 1.29 is 9.84 Å². The molecule has 0 aromatic heterocycles. The minimum absolute atomic E-state index is 0.0440. The smallest absolute Gasteiger partial charge is 0.124 e. The van der Waals surface area contributed by atoms with Gasteiger partial charge < -0.3 is 15.6 Å². The summed E-state index contributed by atoms with van der Waals surface area (Å²) in [7, 11) is 0. The van der Waals surface area contributed by atoms with Crippen LogP contribution in [0.4, 0.5) is 0 Å². The van der Waals surface area contributed by atoms with Gasteiger partial charge in [0.25, 0.3) is 0 Å². The molecule has 1 saturated carbocycles. The van der Waals surface area contributed by atoms with E-state index in [9.17, 15) is 5.11 Å². The SMILES string of the molecule is C[C@@H](N)c1ccc(OC2CCCCCC2O)cc1. The van der Waals surface area contributed by atoms with Crippen LogP contribution in [0.15, 0.2) is 24.3 Å². The van der Waals surface area contributed by atoms with Gasteiger partial charge in [0.2, 0.25) is 0 Å². The van der Waals surface area contributed by atoms with E-state index in [1.165, 1.54) is 6.42 Å². The lowest BCUT2D eigenvalue weighted by atomic mass is 10.1. The average molecular weight is 249 g/mol. The van der Waals surface area contributed by atoms with Crippen LogP contribution in [0.1, 0.15) is 50.6 Å². The quantitative estimate of drug-likeness (QED) is 0.810. The normalized spacial score (nSPS) is 26.4. The van der Waals surface area contributed by atoms with Gasteiger partial charge in [0.1, 0.15) is 11.9 Å². The topological polar surface area (TPSA) is 55.5 Å². The first-order chi connectivity index (χ1) is 8.66. The monoisotopic (exact) mass is 249 g/mol. The number of rotatable bonds is 3. The molecule has 0 spiro atoms. The zero-order chi connectivity index (χ0) is 13.0. The van der Waals surface area contributed by atoms with Crippen LogP contribution in [0.3, 0.4) is 0 Å². The summed E-state index contributed by atoms with van der Waals surface area (Å²) in [6.07, 6.45) is 4.83. The molecule has 0 amide bonds. The van der Waals surface area contributed by atoms with E-state index in [1.807, 2.05) is 31.2 Å². The maximum atomic E-state index is 10.0. The van der Waals surface area contributed by atoms with Gasteiger partial charge in [-0.25, -0.2) is 0 Å². The Hall–Kier alpha value is -1.06. The minimum Gasteiger partial charge on any atom is -0.488 e. The standard InChI is InChI=1S/C15H23NO2/c1-11(16)12-7-9-13(10-8-12)18-15-6-4-2-3-5-14(15)17/h7-11,14-15,17H,2-6,16H2,1H3/t11-,14?,15?/m1/s1. The summed E-state index contributed by atoms with van der Waals surface area (Å²) >= 11 is 0. The second kappa shape index (κ2) is 6.21. The molecule has 3 nitrogen and oxygen atoms in total. The number of benzene rings is 1. The van der Waals surface area contributed by atoms with Crippen molar-refractivity contribution in [2.45, 2.75) is 57.3 Å². The maximum absolute atomic E-state index is 10.0. The Morgan fingerprint density at radius 2 is 1.83 bits per heavy atom. The fourth-order valence-corrected chi connectivity index (χ4v) is 2.42. The van der Waals surface area contributed by atoms with Crippen LogP contribution in [0, 0.1) is 0 Å². The second-order valence-corrected chi connectivity index (χ2v) is 5.22. The van der Waals surface area contributed by atoms with E-state index in [4.69, 9.17) is 10.5 Å². The molecule has 1 aromatic rings. The van der Waals surface area contributed by atoms with E-state index in [2.05, 4.69) is 0 Å². The Morgan fingerprint density at radius 3 is 2.50 bits per heavy atom. The lowest BCUT2D eigenvalue weighted by Crippen LogP contribution is -2.30. The molecule has 0 radical (unpaired) electrons. The molecule has 100 valence electrons. The number of hydrogen-bond donors (Lipinski definition) is 2. The molecule has 0 bridgehead atoms. The summed E-state index contributed by atoms with van der Waals surface area (Å²) < 4.78 is 5.89. The Kier molecular flexibility index (Phi) is 4.61. The Labute approximate surface area is 109 Å². The van der Waals surface area contributed by atoms with Gasteiger partial charge in [0, 0.05) is 6.04 Å². The zero-order valence-electron chi connectivity index (χ0n) is 11.0. The molecule has 0 heterocycles. The van der Waals surface area contributed by atoms with E-state index in [1.54, 1.807) is 0 Å². The molecular formula is C15H23NO2. The average Bonchev–Trinajstić information content (AvgIpc) is 2.56. The van der Waals surface area contributed by atoms with Crippen LogP contribution in [0.2, 0.25) is 0 Å². The molecule has 18 heavy (non-hydrogen) atoms. The van der Waals surface area contributed by atoms with Crippen LogP contribution in [0.5, 0.6) is 5.75 Å². The maximum Gasteiger partial charge on any atom is 0.124 e. The highest BCUT2D eigenvalue weighted by atomic mass is 16.5. The number of hydrogen-bond acceptors (Lipinski definition) is 3. The molecule has 0 aliphatic heterocycles. The summed E-state index contributed by atoms with van der Waals surface area (Å²) in [4.78, 5) is 0. The van der Waals surface area contributed by atoms with Crippen molar-refractivity contribution >= 4 is 0 Å². The molecule has 3 N–H and O–H groups in total. The summed E-state index contributed by atoms with van der Waals surface area (Å²) in [5.74, 6) is 0.824. The summed E-state index contributed by atoms with van der Waals surface area (Å²) in [6.45, 7) is 1.96. The minimum atomic E-state index is -0.333. The van der Waals surface area contributed by atoms with Gasteiger partial charge in [0.15, 0.2) is 0 Å². The first kappa shape index (κ1) is 13.4. The third-order valence-electron chi connectivity index (χ3n) is 3.61. The van der Waals surface area contributed by atoms with Gasteiger partial charge in [-0.3, -0.25) is 0 Å². The van der Waals surface area contributed by atoms with Crippen molar-refractivity contribution in [3.05, 3.63) is 29.8 Å². The van der Waals surface area contributed by atoms with E-state index < -0.39 is 0 Å². The van der Waals surface area contributed by atoms with Gasteiger partial charge in [-0.2, -0.15) is 0 Å². The fraction of sp³-hybridized carbons (Fsp3) is 0.600. The van der Waals surface area contributed by atoms with Crippen molar-refractivity contribution in [2.24, 2.45) is 5.73 Å². The fourth-order valence-electron chi connectivity index (χ4n) is 2.42. The van der Waals surface area contributed by atoms with Crippen molar-refractivity contribution in [3.8, 4) is 5.75 Å². The first-order valence-corrected chi connectivity index (χ1v) is 6.87. The second-order valence-electron chi connectivity index (χ2n) is 5.22. The van der Waals surface area contributed by atoms with Crippen molar-refractivity contribution in [2.75, 3.05) is 0 Å². The first-order valence-electron chi connectivity index (χ1n) is 6.87. The molecule has 2 unspecified atom stereocenters. The molecule has 0 saturated heterocycles. The van der Waals surface area contributed by atoms with Crippen molar-refractivity contribution in [1.82, 2.24) is 0 Å². The van der Waals surface area contributed by atoms with Gasteiger partial charge >= 0.3 is 0 Å². The molecule has 3 heteroatoms. The van der Waals surface area contributed by atoms with Crippen LogP contribution in [0.25, 0.3) is 0 Å². The summed E-state index contributed by atoms with van der Waals surface area (Å²) in [5.41, 5.74) is 6.91. The van der Waals surface area contributed by atoms with Gasteiger partial charge in [0.05, 0.1) is 6.10 Å². The third kappa shape index (κ3) is 3.47. The Bertz CT molecular complexity index is 361. The molecule has 2 rings (SSSR count). The third-order valence-corrected chi connectivity index (χ3v) is 3.61. The van der Waals surface area contributed by atoms with E-state index in [0.717, 1.165) is 37.0 Å². The van der Waals surface area contributed by atoms with Crippen LogP contribution in [-0.2, 0) is 0 Å². The van der Waals surface area contributed by atoms with Crippen LogP contribution >= 0.6 is 0 Å². The summed E-state index contributed by atoms with van der Waals surface area (Å²) in [5, 5.41) is 10.0. The van der Waals surface area contributed by atoms with Crippen LogP contribution in [-0.4, -0.2) is 17.3 Å². The van der Waals surface area contributed by atoms with Gasteiger partial charge in [-0.1, -0.05) is 25.0 Å². The molecule has 3 atom stereocenters. The predicted molar refractivity (Wildman–Crippen MR) is 72.6 cm³/mol. The number of nitrogens with two attached hydrogens (primary N) is 1. The highest BCUT2D eigenvalue weighted by Crippen LogP contribution is 2.24. The lowest BCUT2D eigenvalue weighted by molar-refractivity contribution is 0.0320. The molecular weight excluding hydrogens is 226 g/mol. The van der Waals surface area contributed by atoms with E-state index in [-0.39, 0.29) is 18.2 Å². The molecule has 1 aliphatic rings. The number of aliphatic hydroxyl groups excluding tert-OH is 1. The molecule has 1 aromatic carbocycles. The van der Waals surface area contributed by atoms with Gasteiger partial charge in [-0.05, 0) is 43.9 Å². The van der Waals surface area contributed by atoms with Gasteiger partial charge in [-0.15, -0.1) is 0 Å². The number of aliphatic hydroxyl groups is 1. The Balaban J connectivity index is 1.99. The largest absolute Gasteiger partial charge is 0.488 e. The van der Waals surface area contributed by atoms with E-state index >= 15 is 0 Å². The molecule has 1 fully saturated rings. The zero-order valence-corrected chi connectivity index (χ0v) is 11.0. The molecule has 1 aliphatic carbocycles. The predicted octanol–water partition coefficient (Wildman–Crippen LogP) is 2.78. The summed E-state index contributed by atoms with van der Waals surface area (Å²) in [6, 6.07) is 7.90. The number of ether oxygens (including phenoxy) is 1. The van der Waals surface area contributed by atoms with Crippen molar-refractivity contribution in [1.29, 1.82) is 0 Å². The van der Waals surface area contributed by atoms with E-state index in [0.29, 0.717) is 0 Å². The highest BCUT2D eigenvalue weighted by molar-refractivity contribution is 5.29. The van der Waals surface area contributed by atoms with Crippen LogP contribution < -0.4 is 10.5 Å². The van der Waals surface area contributed by atoms with Crippen molar-refractivity contribution in [3.63, 3.8) is 0 Å².